The first kappa shape index (κ1) is 14.3. The van der Waals surface area contributed by atoms with Crippen LogP contribution in [0.4, 0.5) is 0 Å². The highest BCUT2D eigenvalue weighted by Crippen LogP contribution is 2.34. The summed E-state index contributed by atoms with van der Waals surface area (Å²) in [5, 5.41) is 28.5. The van der Waals surface area contributed by atoms with Gasteiger partial charge in [0.15, 0.2) is 11.5 Å². The molecule has 20 heavy (non-hydrogen) atoms. The summed E-state index contributed by atoms with van der Waals surface area (Å²) in [7, 11) is 0. The molecule has 2 rings (SSSR count). The van der Waals surface area contributed by atoms with Gasteiger partial charge in [-0.25, -0.2) is 9.78 Å². The summed E-state index contributed by atoms with van der Waals surface area (Å²) in [6.45, 7) is 3.99. The number of rotatable bonds is 4. The average Bonchev–Trinajstić information content (AvgIpc) is 2.76. The van der Waals surface area contributed by atoms with E-state index in [1.165, 1.54) is 12.1 Å². The van der Waals surface area contributed by atoms with Gasteiger partial charge in [0.05, 0.1) is 5.69 Å². The second-order valence-electron chi connectivity index (χ2n) is 4.90. The average molecular weight is 293 g/mol. The number of hydrogen-bond donors (Lipinski definition) is 3. The molecule has 1 heterocycles. The molecule has 0 atom stereocenters. The van der Waals surface area contributed by atoms with Gasteiger partial charge in [-0.15, -0.1) is 11.3 Å². The van der Waals surface area contributed by atoms with Gasteiger partial charge in [0.2, 0.25) is 0 Å². The van der Waals surface area contributed by atoms with E-state index in [0.717, 1.165) is 11.3 Å². The lowest BCUT2D eigenvalue weighted by atomic mass is 10.1. The number of phenols is 2. The molecule has 0 saturated carbocycles. The number of aromatic nitrogens is 1. The molecular formula is C14H15NO4S. The quantitative estimate of drug-likeness (QED) is 0.753. The third-order valence-electron chi connectivity index (χ3n) is 2.72. The van der Waals surface area contributed by atoms with Crippen LogP contribution in [0.1, 0.15) is 29.2 Å². The molecule has 3 N–H and O–H groups in total. The van der Waals surface area contributed by atoms with Crippen LogP contribution >= 0.6 is 11.3 Å². The number of aromatic hydroxyl groups is 2. The zero-order valence-corrected chi connectivity index (χ0v) is 11.9. The highest BCUT2D eigenvalue weighted by Gasteiger charge is 2.19. The third-order valence-corrected chi connectivity index (χ3v) is 3.85. The number of carboxylic acids is 1. The minimum Gasteiger partial charge on any atom is -0.504 e. The molecule has 5 nitrogen and oxygen atoms in total. The molecule has 6 heteroatoms. The van der Waals surface area contributed by atoms with Gasteiger partial charge in [-0.3, -0.25) is 0 Å². The first-order chi connectivity index (χ1) is 9.38. The summed E-state index contributed by atoms with van der Waals surface area (Å²) in [5.41, 5.74) is 1.14. The Morgan fingerprint density at radius 2 is 2.00 bits per heavy atom. The summed E-state index contributed by atoms with van der Waals surface area (Å²) in [4.78, 5) is 15.8. The van der Waals surface area contributed by atoms with Crippen LogP contribution in [-0.4, -0.2) is 26.3 Å². The molecule has 0 unspecified atom stereocenters. The van der Waals surface area contributed by atoms with Crippen LogP contribution in [0.25, 0.3) is 10.6 Å². The lowest BCUT2D eigenvalue weighted by Crippen LogP contribution is -2.02. The number of hydrogen-bond acceptors (Lipinski definition) is 5. The van der Waals surface area contributed by atoms with Crippen LogP contribution in [0.3, 0.4) is 0 Å². The van der Waals surface area contributed by atoms with E-state index in [-0.39, 0.29) is 16.4 Å². The van der Waals surface area contributed by atoms with Crippen LogP contribution in [-0.2, 0) is 6.42 Å². The SMILES string of the molecule is CC(C)Cc1nc(-c2ccc(O)c(O)c2)sc1C(=O)O. The van der Waals surface area contributed by atoms with Crippen molar-refractivity contribution in [3.05, 3.63) is 28.8 Å². The highest BCUT2D eigenvalue weighted by atomic mass is 32.1. The Kier molecular flexibility index (Phi) is 3.94. The maximum atomic E-state index is 11.2. The fourth-order valence-electron chi connectivity index (χ4n) is 1.82. The van der Waals surface area contributed by atoms with E-state index in [9.17, 15) is 20.1 Å². The Hall–Kier alpha value is -2.08. The Morgan fingerprint density at radius 1 is 1.30 bits per heavy atom. The molecule has 1 aromatic heterocycles. The van der Waals surface area contributed by atoms with Crippen molar-refractivity contribution in [1.82, 2.24) is 4.98 Å². The molecule has 106 valence electrons. The van der Waals surface area contributed by atoms with Crippen molar-refractivity contribution >= 4 is 17.3 Å². The van der Waals surface area contributed by atoms with Crippen molar-refractivity contribution in [2.45, 2.75) is 20.3 Å². The fourth-order valence-corrected chi connectivity index (χ4v) is 2.75. The largest absolute Gasteiger partial charge is 0.504 e. The standard InChI is InChI=1S/C14H15NO4S/c1-7(2)5-9-12(14(18)19)20-13(15-9)8-3-4-10(16)11(17)6-8/h3-4,6-7,16-17H,5H2,1-2H3,(H,18,19). The molecule has 2 aromatic rings. The maximum absolute atomic E-state index is 11.2. The molecule has 0 spiro atoms. The third kappa shape index (κ3) is 2.91. The molecular weight excluding hydrogens is 278 g/mol. The first-order valence-electron chi connectivity index (χ1n) is 6.13. The topological polar surface area (TPSA) is 90.7 Å². The summed E-state index contributed by atoms with van der Waals surface area (Å²) in [5.74, 6) is -1.16. The van der Waals surface area contributed by atoms with Gasteiger partial charge in [-0.1, -0.05) is 13.8 Å². The number of carbonyl (C=O) groups is 1. The van der Waals surface area contributed by atoms with E-state index in [0.29, 0.717) is 28.6 Å². The summed E-state index contributed by atoms with van der Waals surface area (Å²) in [6, 6.07) is 4.33. The molecule has 0 saturated heterocycles. The number of nitrogens with zero attached hydrogens (tertiary/aromatic N) is 1. The predicted octanol–water partition coefficient (Wildman–Crippen LogP) is 3.12. The second kappa shape index (κ2) is 5.50. The predicted molar refractivity (Wildman–Crippen MR) is 76.4 cm³/mol. The summed E-state index contributed by atoms with van der Waals surface area (Å²) < 4.78 is 0. The molecule has 0 bridgehead atoms. The van der Waals surface area contributed by atoms with Crippen molar-refractivity contribution in [3.63, 3.8) is 0 Å². The number of benzene rings is 1. The van der Waals surface area contributed by atoms with Gasteiger partial charge in [0.1, 0.15) is 9.88 Å². The first-order valence-corrected chi connectivity index (χ1v) is 6.95. The van der Waals surface area contributed by atoms with Crippen molar-refractivity contribution in [2.24, 2.45) is 5.92 Å². The normalized spacial score (nSPS) is 10.9. The molecule has 0 radical (unpaired) electrons. The molecule has 0 fully saturated rings. The fraction of sp³-hybridized carbons (Fsp3) is 0.286. The minimum absolute atomic E-state index is 0.217. The van der Waals surface area contributed by atoms with Gasteiger partial charge in [-0.2, -0.15) is 0 Å². The minimum atomic E-state index is -0.993. The Balaban J connectivity index is 2.46. The van der Waals surface area contributed by atoms with Crippen LogP contribution in [0.2, 0.25) is 0 Å². The van der Waals surface area contributed by atoms with E-state index in [4.69, 9.17) is 0 Å². The monoisotopic (exact) mass is 293 g/mol. The lowest BCUT2D eigenvalue weighted by Gasteiger charge is -2.02. The number of aromatic carboxylic acids is 1. The van der Waals surface area contributed by atoms with Crippen LogP contribution < -0.4 is 0 Å². The highest BCUT2D eigenvalue weighted by molar-refractivity contribution is 7.17. The van der Waals surface area contributed by atoms with Gasteiger partial charge in [0, 0.05) is 5.56 Å². The summed E-state index contributed by atoms with van der Waals surface area (Å²) >= 11 is 1.07. The smallest absolute Gasteiger partial charge is 0.347 e. The number of phenolic OH excluding ortho intramolecular Hbond substituents is 2. The zero-order valence-electron chi connectivity index (χ0n) is 11.1. The Bertz CT molecular complexity index is 649. The maximum Gasteiger partial charge on any atom is 0.347 e. The van der Waals surface area contributed by atoms with E-state index < -0.39 is 5.97 Å². The second-order valence-corrected chi connectivity index (χ2v) is 5.90. The summed E-state index contributed by atoms with van der Waals surface area (Å²) in [6.07, 6.45) is 0.586. The van der Waals surface area contributed by atoms with Gasteiger partial charge >= 0.3 is 5.97 Å². The molecule has 0 amide bonds. The van der Waals surface area contributed by atoms with E-state index >= 15 is 0 Å². The zero-order chi connectivity index (χ0) is 14.9. The van der Waals surface area contributed by atoms with E-state index in [1.807, 2.05) is 13.8 Å². The molecule has 1 aromatic carbocycles. The van der Waals surface area contributed by atoms with Gasteiger partial charge in [0.25, 0.3) is 0 Å². The van der Waals surface area contributed by atoms with Crippen LogP contribution in [0.15, 0.2) is 18.2 Å². The Labute approximate surface area is 120 Å². The van der Waals surface area contributed by atoms with Gasteiger partial charge < -0.3 is 15.3 Å². The van der Waals surface area contributed by atoms with Crippen molar-refractivity contribution < 1.29 is 20.1 Å². The van der Waals surface area contributed by atoms with E-state index in [1.54, 1.807) is 6.07 Å². The molecule has 0 aliphatic rings. The van der Waals surface area contributed by atoms with Crippen LogP contribution in [0, 0.1) is 5.92 Å². The van der Waals surface area contributed by atoms with Crippen molar-refractivity contribution in [1.29, 1.82) is 0 Å². The molecule has 0 aliphatic carbocycles. The number of carboxylic acid groups (broad SMARTS) is 1. The number of thiazole rings is 1. The van der Waals surface area contributed by atoms with Crippen molar-refractivity contribution in [3.8, 4) is 22.1 Å². The molecule has 0 aliphatic heterocycles. The van der Waals surface area contributed by atoms with Crippen molar-refractivity contribution in [2.75, 3.05) is 0 Å². The lowest BCUT2D eigenvalue weighted by molar-refractivity contribution is 0.0700. The Morgan fingerprint density at radius 3 is 2.55 bits per heavy atom. The van der Waals surface area contributed by atoms with Gasteiger partial charge in [-0.05, 0) is 30.5 Å². The van der Waals surface area contributed by atoms with E-state index in [2.05, 4.69) is 4.98 Å². The van der Waals surface area contributed by atoms with Crippen LogP contribution in [0.5, 0.6) is 11.5 Å².